The highest BCUT2D eigenvalue weighted by Crippen LogP contribution is 2.25. The third-order valence-corrected chi connectivity index (χ3v) is 7.02. The second-order valence-corrected chi connectivity index (χ2v) is 9.14. The van der Waals surface area contributed by atoms with Crippen LogP contribution in [-0.4, -0.2) is 50.8 Å². The van der Waals surface area contributed by atoms with E-state index in [1.165, 1.54) is 16.4 Å². The van der Waals surface area contributed by atoms with Gasteiger partial charge < -0.3 is 9.64 Å². The van der Waals surface area contributed by atoms with Crippen molar-refractivity contribution in [3.05, 3.63) is 59.9 Å². The highest BCUT2D eigenvalue weighted by molar-refractivity contribution is 7.89. The van der Waals surface area contributed by atoms with Gasteiger partial charge in [-0.05, 0) is 54.8 Å². The van der Waals surface area contributed by atoms with E-state index in [2.05, 4.69) is 0 Å². The van der Waals surface area contributed by atoms with E-state index in [0.717, 1.165) is 23.4 Å². The van der Waals surface area contributed by atoms with Crippen molar-refractivity contribution in [1.82, 2.24) is 9.21 Å². The Morgan fingerprint density at radius 2 is 1.83 bits per heavy atom. The first-order chi connectivity index (χ1) is 13.8. The third-order valence-electron chi connectivity index (χ3n) is 5.14. The van der Waals surface area contributed by atoms with E-state index in [4.69, 9.17) is 4.74 Å². The van der Waals surface area contributed by atoms with Gasteiger partial charge >= 0.3 is 0 Å². The maximum Gasteiger partial charge on any atom is 0.243 e. The summed E-state index contributed by atoms with van der Waals surface area (Å²) >= 11 is 0. The molecule has 1 amide bonds. The molecule has 0 aliphatic carbocycles. The molecule has 2 aromatic carbocycles. The molecule has 0 saturated carbocycles. The van der Waals surface area contributed by atoms with Crippen LogP contribution in [0.15, 0.2) is 53.4 Å². The molecule has 0 radical (unpaired) electrons. The highest BCUT2D eigenvalue weighted by Gasteiger charge is 2.34. The zero-order valence-electron chi connectivity index (χ0n) is 16.5. The number of hydrogen-bond acceptors (Lipinski definition) is 4. The zero-order valence-corrected chi connectivity index (χ0v) is 17.4. The summed E-state index contributed by atoms with van der Waals surface area (Å²) in [4.78, 5) is 14.6. The largest absolute Gasteiger partial charge is 0.497 e. The minimum atomic E-state index is -3.76. The molecule has 1 aliphatic rings. The lowest BCUT2D eigenvalue weighted by Crippen LogP contribution is -2.45. The lowest BCUT2D eigenvalue weighted by Gasteiger charge is -2.33. The Morgan fingerprint density at radius 3 is 2.45 bits per heavy atom. The van der Waals surface area contributed by atoms with Crippen LogP contribution < -0.4 is 4.74 Å². The Balaban J connectivity index is 1.67. The quantitative estimate of drug-likeness (QED) is 0.721. The van der Waals surface area contributed by atoms with Crippen molar-refractivity contribution < 1.29 is 22.3 Å². The number of rotatable bonds is 6. The average Bonchev–Trinajstić information content (AvgIpc) is 2.74. The topological polar surface area (TPSA) is 66.9 Å². The second kappa shape index (κ2) is 8.92. The Morgan fingerprint density at radius 1 is 1.17 bits per heavy atom. The Kier molecular flexibility index (Phi) is 6.54. The predicted octanol–water partition coefficient (Wildman–Crippen LogP) is 2.89. The van der Waals surface area contributed by atoms with Gasteiger partial charge in [0.2, 0.25) is 15.9 Å². The number of piperidine rings is 1. The first-order valence-electron chi connectivity index (χ1n) is 9.45. The molecule has 6 nitrogen and oxygen atoms in total. The number of carbonyl (C=O) groups is 1. The molecule has 1 atom stereocenters. The molecule has 1 aliphatic heterocycles. The number of amides is 1. The van der Waals surface area contributed by atoms with Gasteiger partial charge in [-0.2, -0.15) is 4.31 Å². The van der Waals surface area contributed by atoms with Crippen LogP contribution in [0.5, 0.6) is 5.75 Å². The van der Waals surface area contributed by atoms with Crippen LogP contribution in [0.1, 0.15) is 18.4 Å². The van der Waals surface area contributed by atoms with Gasteiger partial charge in [0.25, 0.3) is 0 Å². The molecule has 3 rings (SSSR count). The summed E-state index contributed by atoms with van der Waals surface area (Å²) in [5.41, 5.74) is 0.966. The normalized spacial score (nSPS) is 17.7. The van der Waals surface area contributed by atoms with E-state index in [1.807, 2.05) is 24.3 Å². The van der Waals surface area contributed by atoms with E-state index in [-0.39, 0.29) is 17.3 Å². The monoisotopic (exact) mass is 420 g/mol. The minimum absolute atomic E-state index is 0.0404. The molecule has 0 N–H and O–H groups in total. The van der Waals surface area contributed by atoms with Crippen molar-refractivity contribution in [3.63, 3.8) is 0 Å². The van der Waals surface area contributed by atoms with E-state index in [0.29, 0.717) is 25.9 Å². The molecular weight excluding hydrogens is 395 g/mol. The number of nitrogens with zero attached hydrogens (tertiary/aromatic N) is 2. The van der Waals surface area contributed by atoms with Gasteiger partial charge in [0.05, 0.1) is 17.9 Å². The Hall–Kier alpha value is -2.45. The van der Waals surface area contributed by atoms with Crippen molar-refractivity contribution in [2.24, 2.45) is 5.92 Å². The van der Waals surface area contributed by atoms with Crippen molar-refractivity contribution >= 4 is 15.9 Å². The lowest BCUT2D eigenvalue weighted by atomic mass is 9.98. The van der Waals surface area contributed by atoms with Gasteiger partial charge in [-0.15, -0.1) is 0 Å². The van der Waals surface area contributed by atoms with Crippen molar-refractivity contribution in [2.45, 2.75) is 24.3 Å². The van der Waals surface area contributed by atoms with Crippen LogP contribution in [0.3, 0.4) is 0 Å². The molecule has 156 valence electrons. The summed E-state index contributed by atoms with van der Waals surface area (Å²) in [6.45, 7) is 0.918. The molecule has 0 bridgehead atoms. The Bertz CT molecular complexity index is 946. The smallest absolute Gasteiger partial charge is 0.243 e. The van der Waals surface area contributed by atoms with Gasteiger partial charge in [-0.25, -0.2) is 12.8 Å². The summed E-state index contributed by atoms with van der Waals surface area (Å²) in [6.07, 6.45) is 1.24. The van der Waals surface area contributed by atoms with Gasteiger partial charge in [-0.1, -0.05) is 12.1 Å². The van der Waals surface area contributed by atoms with E-state index < -0.39 is 21.8 Å². The molecule has 2 aromatic rings. The minimum Gasteiger partial charge on any atom is -0.497 e. The molecule has 1 fully saturated rings. The SMILES string of the molecule is COc1ccc(CN(C)C(=O)C2CCCN(S(=O)(=O)c3ccc(F)cc3)C2)cc1. The fourth-order valence-electron chi connectivity index (χ4n) is 3.51. The molecule has 1 saturated heterocycles. The van der Waals surface area contributed by atoms with E-state index in [9.17, 15) is 17.6 Å². The van der Waals surface area contributed by atoms with Crippen LogP contribution in [0.4, 0.5) is 4.39 Å². The highest BCUT2D eigenvalue weighted by atomic mass is 32.2. The van der Waals surface area contributed by atoms with Gasteiger partial charge in [0.1, 0.15) is 11.6 Å². The van der Waals surface area contributed by atoms with Gasteiger partial charge in [-0.3, -0.25) is 4.79 Å². The molecular formula is C21H25FN2O4S. The van der Waals surface area contributed by atoms with E-state index in [1.54, 1.807) is 19.1 Å². The number of halogens is 1. The summed E-state index contributed by atoms with van der Waals surface area (Å²) in [6, 6.07) is 12.2. The maximum absolute atomic E-state index is 13.1. The summed E-state index contributed by atoms with van der Waals surface area (Å²) in [5, 5.41) is 0. The maximum atomic E-state index is 13.1. The molecule has 1 heterocycles. The summed E-state index contributed by atoms with van der Waals surface area (Å²) in [7, 11) is -0.437. The fraction of sp³-hybridized carbons (Fsp3) is 0.381. The number of ether oxygens (including phenoxy) is 1. The van der Waals surface area contributed by atoms with Crippen molar-refractivity contribution in [2.75, 3.05) is 27.2 Å². The number of carbonyl (C=O) groups excluding carboxylic acids is 1. The fourth-order valence-corrected chi connectivity index (χ4v) is 5.04. The summed E-state index contributed by atoms with van der Waals surface area (Å²) in [5.74, 6) is -0.227. The lowest BCUT2D eigenvalue weighted by molar-refractivity contribution is -0.135. The number of sulfonamides is 1. The molecule has 1 unspecified atom stereocenters. The van der Waals surface area contributed by atoms with Crippen molar-refractivity contribution in [1.29, 1.82) is 0 Å². The number of methoxy groups -OCH3 is 1. The van der Waals surface area contributed by atoms with Crippen LogP contribution in [0, 0.1) is 11.7 Å². The van der Waals surface area contributed by atoms with Gasteiger partial charge in [0.15, 0.2) is 0 Å². The standard InChI is InChI=1S/C21H25FN2O4S/c1-23(14-16-5-9-19(28-2)10-6-16)21(25)17-4-3-13-24(15-17)29(26,27)20-11-7-18(22)8-12-20/h5-12,17H,3-4,13-15H2,1-2H3. The molecule has 0 spiro atoms. The van der Waals surface area contributed by atoms with Crippen LogP contribution >= 0.6 is 0 Å². The first kappa shape index (κ1) is 21.3. The number of benzene rings is 2. The first-order valence-corrected chi connectivity index (χ1v) is 10.9. The van der Waals surface area contributed by atoms with Crippen LogP contribution in [0.25, 0.3) is 0 Å². The Labute approximate surface area is 170 Å². The number of hydrogen-bond donors (Lipinski definition) is 0. The average molecular weight is 421 g/mol. The molecule has 0 aromatic heterocycles. The molecule has 8 heteroatoms. The molecule has 29 heavy (non-hydrogen) atoms. The second-order valence-electron chi connectivity index (χ2n) is 7.20. The third kappa shape index (κ3) is 4.94. The zero-order chi connectivity index (χ0) is 21.0. The van der Waals surface area contributed by atoms with Crippen LogP contribution in [0.2, 0.25) is 0 Å². The van der Waals surface area contributed by atoms with Crippen molar-refractivity contribution in [3.8, 4) is 5.75 Å². The van der Waals surface area contributed by atoms with Crippen LogP contribution in [-0.2, 0) is 21.4 Å². The predicted molar refractivity (Wildman–Crippen MR) is 107 cm³/mol. The summed E-state index contributed by atoms with van der Waals surface area (Å²) < 4.78 is 45.3. The van der Waals surface area contributed by atoms with Gasteiger partial charge in [0, 0.05) is 26.7 Å². The van der Waals surface area contributed by atoms with E-state index >= 15 is 0 Å².